The molecule has 0 spiro atoms. The second-order valence-electron chi connectivity index (χ2n) is 4.86. The predicted molar refractivity (Wildman–Crippen MR) is 71.3 cm³/mol. The highest BCUT2D eigenvalue weighted by atomic mass is 16.2. The fraction of sp³-hybridized carbons (Fsp3) is 0.385. The molecule has 2 aromatic heterocycles. The molecule has 0 saturated carbocycles. The lowest BCUT2D eigenvalue weighted by Crippen LogP contribution is -2.24. The third-order valence-electron chi connectivity index (χ3n) is 3.40. The Labute approximate surface area is 115 Å². The van der Waals surface area contributed by atoms with Crippen LogP contribution < -0.4 is 10.9 Å². The molecule has 1 aliphatic rings. The molecule has 0 unspecified atom stereocenters. The third-order valence-corrected chi connectivity index (χ3v) is 3.40. The molecule has 0 bridgehead atoms. The summed E-state index contributed by atoms with van der Waals surface area (Å²) in [7, 11) is 1.56. The lowest BCUT2D eigenvalue weighted by atomic mass is 10.3. The van der Waals surface area contributed by atoms with Crippen LogP contribution in [-0.4, -0.2) is 25.7 Å². The van der Waals surface area contributed by atoms with Gasteiger partial charge in [-0.15, -0.1) is 0 Å². The molecule has 0 aromatic carbocycles. The number of aryl methyl sites for hydroxylation is 3. The lowest BCUT2D eigenvalue weighted by molar-refractivity contribution is 0.0944. The summed E-state index contributed by atoms with van der Waals surface area (Å²) in [5, 5.41) is 5.37. The lowest BCUT2D eigenvalue weighted by Gasteiger charge is -2.04. The van der Waals surface area contributed by atoms with E-state index in [2.05, 4.69) is 20.4 Å². The quantitative estimate of drug-likeness (QED) is 0.818. The summed E-state index contributed by atoms with van der Waals surface area (Å²) < 4.78 is 1.25. The van der Waals surface area contributed by atoms with Gasteiger partial charge in [-0.25, -0.2) is 9.97 Å². The molecule has 1 amide bonds. The van der Waals surface area contributed by atoms with E-state index in [1.807, 2.05) is 6.20 Å². The Hall–Kier alpha value is -2.44. The molecule has 2 aromatic rings. The van der Waals surface area contributed by atoms with Gasteiger partial charge in [-0.3, -0.25) is 19.4 Å². The summed E-state index contributed by atoms with van der Waals surface area (Å²) in [4.78, 5) is 31.8. The summed E-state index contributed by atoms with van der Waals surface area (Å²) >= 11 is 0. The highest BCUT2D eigenvalue weighted by molar-refractivity contribution is 5.91. The number of aromatic amines is 1. The van der Waals surface area contributed by atoms with Crippen molar-refractivity contribution in [2.24, 2.45) is 7.05 Å². The summed E-state index contributed by atoms with van der Waals surface area (Å²) in [5.74, 6) is 0.254. The summed E-state index contributed by atoms with van der Waals surface area (Å²) in [6.07, 6.45) is 4.96. The number of carbonyl (C=O) groups is 1. The standard InChI is InChI=1S/C13H15N5O2/c1-18-12(19)5-10(17-18)13(20)15-7-11-14-6-8-3-2-4-9(8)16-11/h5-6,17H,2-4,7H2,1H3,(H,15,20). The van der Waals surface area contributed by atoms with Gasteiger partial charge in [0.05, 0.1) is 6.54 Å². The Morgan fingerprint density at radius 1 is 1.50 bits per heavy atom. The molecule has 2 N–H and O–H groups in total. The number of nitrogens with zero attached hydrogens (tertiary/aromatic N) is 3. The molecule has 7 nitrogen and oxygen atoms in total. The molecule has 7 heteroatoms. The van der Waals surface area contributed by atoms with E-state index in [4.69, 9.17) is 0 Å². The van der Waals surface area contributed by atoms with Crippen molar-refractivity contribution in [2.75, 3.05) is 0 Å². The van der Waals surface area contributed by atoms with Crippen molar-refractivity contribution in [3.05, 3.63) is 45.4 Å². The first kappa shape index (κ1) is 12.6. The Kier molecular flexibility index (Phi) is 3.09. The maximum atomic E-state index is 11.9. The van der Waals surface area contributed by atoms with Crippen molar-refractivity contribution in [1.29, 1.82) is 0 Å². The van der Waals surface area contributed by atoms with Crippen LogP contribution in [0.3, 0.4) is 0 Å². The minimum Gasteiger partial charge on any atom is -0.343 e. The zero-order valence-electron chi connectivity index (χ0n) is 11.1. The van der Waals surface area contributed by atoms with E-state index >= 15 is 0 Å². The zero-order chi connectivity index (χ0) is 14.1. The Morgan fingerprint density at radius 3 is 3.10 bits per heavy atom. The number of aromatic nitrogens is 4. The normalized spacial score (nSPS) is 13.2. The SMILES string of the molecule is Cn1[nH]c(C(=O)NCc2ncc3c(n2)CCC3)cc1=O. The van der Waals surface area contributed by atoms with Crippen LogP contribution >= 0.6 is 0 Å². The fourth-order valence-corrected chi connectivity index (χ4v) is 2.30. The number of rotatable bonds is 3. The number of amides is 1. The second kappa shape index (κ2) is 4.92. The number of H-pyrrole nitrogens is 1. The van der Waals surface area contributed by atoms with Crippen LogP contribution in [0.15, 0.2) is 17.1 Å². The highest BCUT2D eigenvalue weighted by Crippen LogP contribution is 2.18. The Balaban J connectivity index is 1.67. The van der Waals surface area contributed by atoms with Crippen molar-refractivity contribution < 1.29 is 4.79 Å². The number of nitrogens with one attached hydrogen (secondary N) is 2. The minimum atomic E-state index is -0.341. The monoisotopic (exact) mass is 273 g/mol. The van der Waals surface area contributed by atoms with Gasteiger partial charge in [-0.05, 0) is 24.8 Å². The Morgan fingerprint density at radius 2 is 2.35 bits per heavy atom. The number of hydrogen-bond acceptors (Lipinski definition) is 4. The van der Waals surface area contributed by atoms with Gasteiger partial charge in [0, 0.05) is 25.0 Å². The van der Waals surface area contributed by atoms with Gasteiger partial charge in [0.25, 0.3) is 11.5 Å². The van der Waals surface area contributed by atoms with E-state index in [1.54, 1.807) is 7.05 Å². The molecule has 0 radical (unpaired) electrons. The van der Waals surface area contributed by atoms with Crippen LogP contribution in [0.1, 0.15) is 34.0 Å². The van der Waals surface area contributed by atoms with Gasteiger partial charge >= 0.3 is 0 Å². The summed E-state index contributed by atoms with van der Waals surface area (Å²) in [6.45, 7) is 0.253. The van der Waals surface area contributed by atoms with E-state index in [1.165, 1.54) is 16.3 Å². The maximum absolute atomic E-state index is 11.9. The molecule has 0 atom stereocenters. The smallest absolute Gasteiger partial charge is 0.269 e. The van der Waals surface area contributed by atoms with Crippen LogP contribution in [0.5, 0.6) is 0 Å². The van der Waals surface area contributed by atoms with E-state index in [0.717, 1.165) is 25.0 Å². The van der Waals surface area contributed by atoms with Crippen molar-refractivity contribution in [3.8, 4) is 0 Å². The van der Waals surface area contributed by atoms with Gasteiger partial charge in [0.15, 0.2) is 0 Å². The average molecular weight is 273 g/mol. The van der Waals surface area contributed by atoms with Gasteiger partial charge in [-0.2, -0.15) is 0 Å². The molecule has 0 aliphatic heterocycles. The van der Waals surface area contributed by atoms with Crippen molar-refractivity contribution in [2.45, 2.75) is 25.8 Å². The fourth-order valence-electron chi connectivity index (χ4n) is 2.30. The van der Waals surface area contributed by atoms with Crippen LogP contribution in [0, 0.1) is 0 Å². The highest BCUT2D eigenvalue weighted by Gasteiger charge is 2.14. The van der Waals surface area contributed by atoms with Gasteiger partial charge in [0.1, 0.15) is 11.5 Å². The number of carbonyl (C=O) groups excluding carboxylic acids is 1. The van der Waals surface area contributed by atoms with Gasteiger partial charge < -0.3 is 5.32 Å². The summed E-state index contributed by atoms with van der Waals surface area (Å²) in [5.41, 5.74) is 2.27. The first-order valence-electron chi connectivity index (χ1n) is 6.51. The zero-order valence-corrected chi connectivity index (χ0v) is 11.1. The molecule has 2 heterocycles. The van der Waals surface area contributed by atoms with Crippen molar-refractivity contribution in [1.82, 2.24) is 25.1 Å². The minimum absolute atomic E-state index is 0.235. The maximum Gasteiger partial charge on any atom is 0.269 e. The molecule has 3 rings (SSSR count). The third kappa shape index (κ3) is 2.34. The van der Waals surface area contributed by atoms with E-state index in [-0.39, 0.29) is 23.7 Å². The molecule has 1 aliphatic carbocycles. The molecular formula is C13H15N5O2. The van der Waals surface area contributed by atoms with Gasteiger partial charge in [0.2, 0.25) is 0 Å². The average Bonchev–Trinajstić information content (AvgIpc) is 3.03. The van der Waals surface area contributed by atoms with E-state index in [9.17, 15) is 9.59 Å². The second-order valence-corrected chi connectivity index (χ2v) is 4.86. The Bertz CT molecular complexity index is 716. The largest absolute Gasteiger partial charge is 0.343 e. The number of fused-ring (bicyclic) bond motifs is 1. The topological polar surface area (TPSA) is 92.7 Å². The van der Waals surface area contributed by atoms with Crippen LogP contribution in [-0.2, 0) is 26.4 Å². The molecule has 104 valence electrons. The van der Waals surface area contributed by atoms with Crippen molar-refractivity contribution >= 4 is 5.91 Å². The molecule has 20 heavy (non-hydrogen) atoms. The van der Waals surface area contributed by atoms with Crippen LogP contribution in [0.4, 0.5) is 0 Å². The van der Waals surface area contributed by atoms with Crippen LogP contribution in [0.2, 0.25) is 0 Å². The summed E-state index contributed by atoms with van der Waals surface area (Å²) in [6, 6.07) is 1.26. The van der Waals surface area contributed by atoms with Crippen molar-refractivity contribution in [3.63, 3.8) is 0 Å². The molecular weight excluding hydrogens is 258 g/mol. The predicted octanol–water partition coefficient (Wildman–Crippen LogP) is -0.0779. The van der Waals surface area contributed by atoms with Crippen LogP contribution in [0.25, 0.3) is 0 Å². The van der Waals surface area contributed by atoms with Gasteiger partial charge in [-0.1, -0.05) is 0 Å². The number of hydrogen-bond donors (Lipinski definition) is 2. The first-order valence-corrected chi connectivity index (χ1v) is 6.51. The van der Waals surface area contributed by atoms with E-state index < -0.39 is 0 Å². The first-order chi connectivity index (χ1) is 9.63. The van der Waals surface area contributed by atoms with E-state index in [0.29, 0.717) is 5.82 Å². The molecule has 0 fully saturated rings. The molecule has 0 saturated heterocycles.